The highest BCUT2D eigenvalue weighted by atomic mass is 16.5. The fraction of sp³-hybridized carbons (Fsp3) is 0.345. The summed E-state index contributed by atoms with van der Waals surface area (Å²) in [4.78, 5) is 30.2. The van der Waals surface area contributed by atoms with Crippen LogP contribution in [0.3, 0.4) is 0 Å². The number of carbonyl (C=O) groups excluding carboxylic acids is 1. The molecule has 0 radical (unpaired) electrons. The van der Waals surface area contributed by atoms with Crippen LogP contribution in [0, 0.1) is 0 Å². The molecule has 0 bridgehead atoms. The highest BCUT2D eigenvalue weighted by molar-refractivity contribution is 5.76. The molecule has 5 rings (SSSR count). The van der Waals surface area contributed by atoms with Gasteiger partial charge in [-0.15, -0.1) is 0 Å². The van der Waals surface area contributed by atoms with Crippen LogP contribution in [0.15, 0.2) is 71.8 Å². The van der Waals surface area contributed by atoms with E-state index in [2.05, 4.69) is 42.0 Å². The van der Waals surface area contributed by atoms with Crippen molar-refractivity contribution in [3.63, 3.8) is 0 Å². The zero-order chi connectivity index (χ0) is 25.9. The number of hydrogen-bond acceptors (Lipinski definition) is 5. The molecule has 0 saturated carbocycles. The van der Waals surface area contributed by atoms with Crippen LogP contribution in [-0.2, 0) is 11.3 Å². The van der Waals surface area contributed by atoms with E-state index in [4.69, 9.17) is 4.74 Å². The minimum Gasteiger partial charge on any atom is -0.497 e. The molecule has 37 heavy (non-hydrogen) atoms. The molecule has 1 aliphatic rings. The quantitative estimate of drug-likeness (QED) is 0.384. The SMILES string of the molecule is COc1cccc(N2CCN(C(=O)CCn3ccn4nc(-c5ccc(C(C)C)cc5)cc4c3=O)CC2)c1. The molecule has 8 heteroatoms. The number of aromatic nitrogens is 3. The van der Waals surface area contributed by atoms with Crippen LogP contribution in [0.1, 0.15) is 31.7 Å². The summed E-state index contributed by atoms with van der Waals surface area (Å²) < 4.78 is 8.55. The van der Waals surface area contributed by atoms with Crippen LogP contribution < -0.4 is 15.2 Å². The minimum atomic E-state index is -0.143. The van der Waals surface area contributed by atoms with Gasteiger partial charge in [0.05, 0.1) is 12.8 Å². The molecule has 1 aliphatic heterocycles. The third-order valence-corrected chi connectivity index (χ3v) is 7.09. The first-order valence-corrected chi connectivity index (χ1v) is 12.8. The first-order chi connectivity index (χ1) is 17.9. The third-order valence-electron chi connectivity index (χ3n) is 7.09. The summed E-state index contributed by atoms with van der Waals surface area (Å²) in [5, 5.41) is 4.59. The number of nitrogens with zero attached hydrogens (tertiary/aromatic N) is 5. The Morgan fingerprint density at radius 1 is 1.00 bits per heavy atom. The Morgan fingerprint density at radius 3 is 2.46 bits per heavy atom. The molecule has 2 aromatic heterocycles. The van der Waals surface area contributed by atoms with E-state index in [1.54, 1.807) is 28.6 Å². The molecular formula is C29H33N5O3. The van der Waals surface area contributed by atoms with Gasteiger partial charge in [0, 0.05) is 68.9 Å². The molecule has 4 aromatic rings. The van der Waals surface area contributed by atoms with Crippen LogP contribution in [0.5, 0.6) is 5.75 Å². The molecule has 192 valence electrons. The lowest BCUT2D eigenvalue weighted by molar-refractivity contribution is -0.131. The average molecular weight is 500 g/mol. The summed E-state index contributed by atoms with van der Waals surface area (Å²) in [6.45, 7) is 7.51. The highest BCUT2D eigenvalue weighted by Crippen LogP contribution is 2.23. The number of hydrogen-bond donors (Lipinski definition) is 0. The molecule has 0 atom stereocenters. The topological polar surface area (TPSA) is 72.1 Å². The van der Waals surface area contributed by atoms with Crippen molar-refractivity contribution in [3.05, 3.63) is 82.9 Å². The lowest BCUT2D eigenvalue weighted by atomic mass is 10.0. The molecule has 0 aliphatic carbocycles. The minimum absolute atomic E-state index is 0.0662. The standard InChI is InChI=1S/C29H33N5O3/c1-21(2)22-7-9-23(10-8-22)26-20-27-29(36)33(17-18-34(27)30-26)12-11-28(35)32-15-13-31(14-16-32)24-5-4-6-25(19-24)37-3/h4-10,17-21H,11-16H2,1-3H3. The van der Waals surface area contributed by atoms with Crippen molar-refractivity contribution >= 4 is 17.1 Å². The predicted octanol–water partition coefficient (Wildman–Crippen LogP) is 4.03. The molecule has 8 nitrogen and oxygen atoms in total. The number of amides is 1. The van der Waals surface area contributed by atoms with Gasteiger partial charge in [-0.3, -0.25) is 9.59 Å². The number of ether oxygens (including phenoxy) is 1. The van der Waals surface area contributed by atoms with Gasteiger partial charge in [-0.05, 0) is 29.7 Å². The Morgan fingerprint density at radius 2 is 1.76 bits per heavy atom. The number of fused-ring (bicyclic) bond motifs is 1. The molecule has 1 saturated heterocycles. The van der Waals surface area contributed by atoms with Crippen molar-refractivity contribution in [2.24, 2.45) is 0 Å². The predicted molar refractivity (Wildman–Crippen MR) is 145 cm³/mol. The van der Waals surface area contributed by atoms with E-state index in [1.165, 1.54) is 5.56 Å². The van der Waals surface area contributed by atoms with Crippen LogP contribution in [0.2, 0.25) is 0 Å². The molecule has 1 fully saturated rings. The van der Waals surface area contributed by atoms with Gasteiger partial charge in [0.25, 0.3) is 5.56 Å². The summed E-state index contributed by atoms with van der Waals surface area (Å²) in [5.41, 5.74) is 4.46. The van der Waals surface area contributed by atoms with Gasteiger partial charge >= 0.3 is 0 Å². The van der Waals surface area contributed by atoms with Crippen molar-refractivity contribution < 1.29 is 9.53 Å². The lowest BCUT2D eigenvalue weighted by Crippen LogP contribution is -2.49. The van der Waals surface area contributed by atoms with Crippen LogP contribution in [0.4, 0.5) is 5.69 Å². The first-order valence-electron chi connectivity index (χ1n) is 12.8. The Bertz CT molecular complexity index is 1450. The smallest absolute Gasteiger partial charge is 0.276 e. The number of aryl methyl sites for hydroxylation is 1. The van der Waals surface area contributed by atoms with E-state index in [1.807, 2.05) is 41.3 Å². The van der Waals surface area contributed by atoms with Gasteiger partial charge in [-0.25, -0.2) is 4.52 Å². The molecule has 0 unspecified atom stereocenters. The Labute approximate surface area is 216 Å². The highest BCUT2D eigenvalue weighted by Gasteiger charge is 2.21. The van der Waals surface area contributed by atoms with Crippen molar-refractivity contribution in [1.29, 1.82) is 0 Å². The summed E-state index contributed by atoms with van der Waals surface area (Å²) in [5.74, 6) is 1.35. The van der Waals surface area contributed by atoms with Crippen molar-refractivity contribution in [3.8, 4) is 17.0 Å². The summed E-state index contributed by atoms with van der Waals surface area (Å²) in [6, 6.07) is 18.1. The third kappa shape index (κ3) is 5.23. The van der Waals surface area contributed by atoms with Gasteiger partial charge in [-0.1, -0.05) is 44.2 Å². The molecule has 0 N–H and O–H groups in total. The molecule has 3 heterocycles. The number of carbonyl (C=O) groups is 1. The van der Waals surface area contributed by atoms with Gasteiger partial charge in [0.1, 0.15) is 11.3 Å². The maximum Gasteiger partial charge on any atom is 0.276 e. The largest absolute Gasteiger partial charge is 0.497 e. The van der Waals surface area contributed by atoms with Crippen LogP contribution in [-0.4, -0.2) is 58.3 Å². The second-order valence-electron chi connectivity index (χ2n) is 9.75. The fourth-order valence-corrected chi connectivity index (χ4v) is 4.78. The van der Waals surface area contributed by atoms with E-state index < -0.39 is 0 Å². The normalized spacial score (nSPS) is 13.9. The van der Waals surface area contributed by atoms with E-state index >= 15 is 0 Å². The summed E-state index contributed by atoms with van der Waals surface area (Å²) >= 11 is 0. The second kappa shape index (κ2) is 10.5. The van der Waals surface area contributed by atoms with Gasteiger partial charge in [-0.2, -0.15) is 5.10 Å². The molecular weight excluding hydrogens is 466 g/mol. The summed E-state index contributed by atoms with van der Waals surface area (Å²) in [7, 11) is 1.66. The van der Waals surface area contributed by atoms with Gasteiger partial charge in [0.2, 0.25) is 5.91 Å². The number of rotatable bonds is 7. The van der Waals surface area contributed by atoms with Crippen LogP contribution in [0.25, 0.3) is 16.8 Å². The monoisotopic (exact) mass is 499 g/mol. The van der Waals surface area contributed by atoms with Crippen molar-refractivity contribution in [2.45, 2.75) is 32.7 Å². The Kier molecular flexibility index (Phi) is 6.99. The Balaban J connectivity index is 1.21. The molecule has 1 amide bonds. The zero-order valence-corrected chi connectivity index (χ0v) is 21.6. The van der Waals surface area contributed by atoms with Crippen LogP contribution >= 0.6 is 0 Å². The number of anilines is 1. The second-order valence-corrected chi connectivity index (χ2v) is 9.75. The lowest BCUT2D eigenvalue weighted by Gasteiger charge is -2.36. The Hall–Kier alpha value is -4.07. The fourth-order valence-electron chi connectivity index (χ4n) is 4.78. The van der Waals surface area contributed by atoms with Gasteiger partial charge in [0.15, 0.2) is 0 Å². The number of benzene rings is 2. The summed E-state index contributed by atoms with van der Waals surface area (Å²) in [6.07, 6.45) is 3.77. The first kappa shape index (κ1) is 24.6. The van der Waals surface area contributed by atoms with E-state index in [0.717, 1.165) is 35.8 Å². The maximum absolute atomic E-state index is 13.1. The van der Waals surface area contributed by atoms with E-state index in [9.17, 15) is 9.59 Å². The number of piperazine rings is 1. The van der Waals surface area contributed by atoms with E-state index in [-0.39, 0.29) is 17.9 Å². The zero-order valence-electron chi connectivity index (χ0n) is 21.6. The van der Waals surface area contributed by atoms with E-state index in [0.29, 0.717) is 31.1 Å². The van der Waals surface area contributed by atoms with Crippen molar-refractivity contribution in [2.75, 3.05) is 38.2 Å². The molecule has 2 aromatic carbocycles. The molecule has 0 spiro atoms. The maximum atomic E-state index is 13.1. The van der Waals surface area contributed by atoms with Gasteiger partial charge < -0.3 is 19.1 Å². The van der Waals surface area contributed by atoms with Crippen molar-refractivity contribution in [1.82, 2.24) is 19.1 Å². The number of methoxy groups -OCH3 is 1. The average Bonchev–Trinajstić information content (AvgIpc) is 3.38.